The lowest BCUT2D eigenvalue weighted by Gasteiger charge is -2.29. The zero-order valence-electron chi connectivity index (χ0n) is 19.9. The van der Waals surface area contributed by atoms with Crippen LogP contribution in [0.4, 0.5) is 10.2 Å². The average Bonchev–Trinajstić information content (AvgIpc) is 3.62. The van der Waals surface area contributed by atoms with Gasteiger partial charge in [0.25, 0.3) is 5.91 Å². The zero-order valence-corrected chi connectivity index (χ0v) is 19.9. The van der Waals surface area contributed by atoms with Gasteiger partial charge in [-0.1, -0.05) is 0 Å². The van der Waals surface area contributed by atoms with Crippen LogP contribution in [-0.4, -0.2) is 73.7 Å². The first-order valence-corrected chi connectivity index (χ1v) is 12.3. The van der Waals surface area contributed by atoms with E-state index in [1.807, 2.05) is 29.0 Å². The van der Waals surface area contributed by atoms with Crippen molar-refractivity contribution in [1.29, 1.82) is 0 Å². The van der Waals surface area contributed by atoms with E-state index in [0.29, 0.717) is 48.0 Å². The maximum absolute atomic E-state index is 14.7. The van der Waals surface area contributed by atoms with Crippen LogP contribution in [0, 0.1) is 0 Å². The smallest absolute Gasteiger partial charge is 0.257 e. The van der Waals surface area contributed by atoms with Crippen molar-refractivity contribution in [2.45, 2.75) is 50.0 Å². The number of aliphatic hydroxyl groups excluding tert-OH is 1. The van der Waals surface area contributed by atoms with Crippen LogP contribution >= 0.6 is 0 Å². The highest BCUT2D eigenvalue weighted by Gasteiger charge is 2.31. The molecule has 0 radical (unpaired) electrons. The second kappa shape index (κ2) is 9.14. The van der Waals surface area contributed by atoms with Gasteiger partial charge in [-0.05, 0) is 37.8 Å². The standard InChI is InChI=1S/C25H28FN7O3/c1-27-22-10-19(30-24-16(12-29-33(22)24)25(35)31-18-5-2-6-21(18)34)15-11-28-23-14(15)4-3-8-32(23)20-7-9-36-13-17(20)26/h3-4,8,10-12,17-18,20-21,27,34H,2,5-7,9,13H2,1H3,(H,31,35)/t17-,18?,20+,21-/m1/s1. The number of halogens is 1. The van der Waals surface area contributed by atoms with Gasteiger partial charge in [-0.2, -0.15) is 9.61 Å². The minimum atomic E-state index is -1.11. The normalized spacial score (nSPS) is 24.4. The van der Waals surface area contributed by atoms with Crippen molar-refractivity contribution in [3.05, 3.63) is 42.4 Å². The molecule has 0 spiro atoms. The van der Waals surface area contributed by atoms with Crippen molar-refractivity contribution in [2.75, 3.05) is 25.6 Å². The van der Waals surface area contributed by atoms with Crippen LogP contribution in [0.3, 0.4) is 0 Å². The van der Waals surface area contributed by atoms with Gasteiger partial charge >= 0.3 is 0 Å². The van der Waals surface area contributed by atoms with Gasteiger partial charge in [-0.25, -0.2) is 14.4 Å². The third-order valence-electron chi connectivity index (χ3n) is 7.26. The van der Waals surface area contributed by atoms with E-state index in [2.05, 4.69) is 20.7 Å². The van der Waals surface area contributed by atoms with Gasteiger partial charge < -0.3 is 25.0 Å². The number of fused-ring (bicyclic) bond motifs is 2. The molecule has 36 heavy (non-hydrogen) atoms. The van der Waals surface area contributed by atoms with Crippen molar-refractivity contribution < 1.29 is 19.0 Å². The Hall–Kier alpha value is -3.57. The number of anilines is 1. The molecule has 1 amide bonds. The maximum atomic E-state index is 14.7. The number of nitrogens with one attached hydrogen (secondary N) is 2. The Balaban J connectivity index is 1.39. The minimum absolute atomic E-state index is 0.0787. The molecular weight excluding hydrogens is 465 g/mol. The van der Waals surface area contributed by atoms with Crippen molar-refractivity contribution >= 4 is 17.4 Å². The number of alkyl halides is 1. The molecule has 2 aromatic rings. The van der Waals surface area contributed by atoms with Gasteiger partial charge in [0.15, 0.2) is 5.65 Å². The summed E-state index contributed by atoms with van der Waals surface area (Å²) in [5.41, 5.74) is 2.96. The van der Waals surface area contributed by atoms with E-state index in [1.165, 1.54) is 6.20 Å². The third kappa shape index (κ3) is 3.79. The summed E-state index contributed by atoms with van der Waals surface area (Å²) in [5, 5.41) is 20.6. The molecule has 0 aromatic carbocycles. The highest BCUT2D eigenvalue weighted by atomic mass is 19.1. The summed E-state index contributed by atoms with van der Waals surface area (Å²) in [6.45, 7) is 0.588. The molecule has 0 bridgehead atoms. The number of hydrogen-bond acceptors (Lipinski definition) is 7. The molecule has 1 unspecified atom stereocenters. The van der Waals surface area contributed by atoms with Crippen molar-refractivity contribution in [3.63, 3.8) is 0 Å². The van der Waals surface area contributed by atoms with Crippen LogP contribution in [-0.2, 0) is 4.74 Å². The quantitative estimate of drug-likeness (QED) is 0.391. The molecule has 188 valence electrons. The maximum Gasteiger partial charge on any atom is 0.257 e. The van der Waals surface area contributed by atoms with E-state index in [9.17, 15) is 14.3 Å². The molecule has 1 saturated heterocycles. The van der Waals surface area contributed by atoms with Gasteiger partial charge in [0, 0.05) is 43.2 Å². The fourth-order valence-corrected chi connectivity index (χ4v) is 5.33. The highest BCUT2D eigenvalue weighted by Crippen LogP contribution is 2.37. The van der Waals surface area contributed by atoms with E-state index in [4.69, 9.17) is 9.72 Å². The summed E-state index contributed by atoms with van der Waals surface area (Å²) < 4.78 is 23.4. The van der Waals surface area contributed by atoms with Crippen LogP contribution in [0.15, 0.2) is 36.8 Å². The predicted octanol–water partition coefficient (Wildman–Crippen LogP) is 2.68. The van der Waals surface area contributed by atoms with E-state index >= 15 is 0 Å². The van der Waals surface area contributed by atoms with E-state index < -0.39 is 12.3 Å². The van der Waals surface area contributed by atoms with Gasteiger partial charge in [0.2, 0.25) is 0 Å². The lowest BCUT2D eigenvalue weighted by molar-refractivity contribution is 0.00346. The first-order chi connectivity index (χ1) is 17.5. The van der Waals surface area contributed by atoms with E-state index in [1.54, 1.807) is 17.8 Å². The molecule has 10 nitrogen and oxygen atoms in total. The Morgan fingerprint density at radius 1 is 1.25 bits per heavy atom. The Labute approximate surface area is 206 Å². The number of rotatable bonds is 5. The molecule has 1 saturated carbocycles. The Bertz CT molecular complexity index is 1390. The molecule has 3 aliphatic heterocycles. The van der Waals surface area contributed by atoms with Crippen LogP contribution < -0.4 is 10.6 Å². The van der Waals surface area contributed by atoms with Crippen molar-refractivity contribution in [1.82, 2.24) is 29.5 Å². The lowest BCUT2D eigenvalue weighted by Crippen LogP contribution is -2.39. The Morgan fingerprint density at radius 2 is 2.14 bits per heavy atom. The van der Waals surface area contributed by atoms with Crippen LogP contribution in [0.2, 0.25) is 0 Å². The largest absolute Gasteiger partial charge is 0.391 e. The number of hydrogen-bond donors (Lipinski definition) is 3. The molecule has 3 N–H and O–H groups in total. The average molecular weight is 494 g/mol. The Kier molecular flexibility index (Phi) is 5.81. The van der Waals surface area contributed by atoms with Gasteiger partial charge in [0.1, 0.15) is 23.4 Å². The predicted molar refractivity (Wildman–Crippen MR) is 131 cm³/mol. The molecular formula is C25H28FN7O3. The SMILES string of the molecule is CNc1cc(-c2cnc3n([C@H]4CCOC[C@H]4F)cccc2-3)nc2c(C(=O)NC3CCC[C@H]3O)cnn12. The fourth-order valence-electron chi connectivity index (χ4n) is 5.33. The van der Waals surface area contributed by atoms with Crippen LogP contribution in [0.1, 0.15) is 42.1 Å². The zero-order chi connectivity index (χ0) is 24.8. The molecule has 4 aliphatic rings. The van der Waals surface area contributed by atoms with Crippen molar-refractivity contribution in [3.8, 4) is 22.6 Å². The third-order valence-corrected chi connectivity index (χ3v) is 7.26. The summed E-state index contributed by atoms with van der Waals surface area (Å²) in [5.74, 6) is 1.01. The molecule has 4 atom stereocenters. The molecule has 2 aromatic heterocycles. The first kappa shape index (κ1) is 22.9. The number of aliphatic hydroxyl groups is 1. The van der Waals surface area contributed by atoms with E-state index in [-0.39, 0.29) is 24.6 Å². The van der Waals surface area contributed by atoms with Gasteiger partial charge in [-0.15, -0.1) is 0 Å². The first-order valence-electron chi connectivity index (χ1n) is 12.3. The topological polar surface area (TPSA) is 119 Å². The number of nitrogens with zero attached hydrogens (tertiary/aromatic N) is 5. The van der Waals surface area contributed by atoms with E-state index in [0.717, 1.165) is 24.0 Å². The monoisotopic (exact) mass is 493 g/mol. The summed E-state index contributed by atoms with van der Waals surface area (Å²) >= 11 is 0. The summed E-state index contributed by atoms with van der Waals surface area (Å²) in [7, 11) is 1.77. The summed E-state index contributed by atoms with van der Waals surface area (Å²) in [6, 6.07) is 5.06. The lowest BCUT2D eigenvalue weighted by atomic mass is 10.0. The molecule has 5 heterocycles. The highest BCUT2D eigenvalue weighted by molar-refractivity contribution is 6.00. The molecule has 2 fully saturated rings. The molecule has 1 aliphatic carbocycles. The second-order valence-electron chi connectivity index (χ2n) is 9.42. The van der Waals surface area contributed by atoms with Gasteiger partial charge in [-0.3, -0.25) is 4.79 Å². The minimum Gasteiger partial charge on any atom is -0.391 e. The number of amides is 1. The molecule has 6 rings (SSSR count). The number of carbonyl (C=O) groups excluding carboxylic acids is 1. The number of ether oxygens (including phenoxy) is 1. The number of carbonyl (C=O) groups is 1. The number of aromatic nitrogens is 5. The van der Waals surface area contributed by atoms with Crippen molar-refractivity contribution in [2.24, 2.45) is 0 Å². The second-order valence-corrected chi connectivity index (χ2v) is 9.42. The Morgan fingerprint density at radius 3 is 2.92 bits per heavy atom. The molecule has 11 heteroatoms. The van der Waals surface area contributed by atoms with Gasteiger partial charge in [0.05, 0.1) is 36.7 Å². The van der Waals surface area contributed by atoms with Crippen LogP contribution in [0.5, 0.6) is 0 Å². The summed E-state index contributed by atoms with van der Waals surface area (Å²) in [6.07, 6.45) is 6.31. The summed E-state index contributed by atoms with van der Waals surface area (Å²) in [4.78, 5) is 22.5. The number of pyridine rings is 1. The fraction of sp³-hybridized carbons (Fsp3) is 0.440. The van der Waals surface area contributed by atoms with Crippen LogP contribution in [0.25, 0.3) is 28.3 Å².